The molecule has 0 aromatic heterocycles. The van der Waals surface area contributed by atoms with Crippen molar-refractivity contribution in [2.24, 2.45) is 11.8 Å². The predicted molar refractivity (Wildman–Crippen MR) is 125 cm³/mol. The fourth-order valence-corrected chi connectivity index (χ4v) is 6.54. The van der Waals surface area contributed by atoms with Crippen LogP contribution in [0.2, 0.25) is 0 Å². The van der Waals surface area contributed by atoms with E-state index in [0.29, 0.717) is 25.9 Å². The highest BCUT2D eigenvalue weighted by Gasteiger charge is 2.76. The molecule has 180 valence electrons. The third kappa shape index (κ3) is 4.31. The zero-order chi connectivity index (χ0) is 23.6. The van der Waals surface area contributed by atoms with E-state index in [4.69, 9.17) is 4.74 Å². The molecule has 1 spiro atoms. The molecule has 3 amide bonds. The van der Waals surface area contributed by atoms with Crippen LogP contribution in [-0.4, -0.2) is 70.0 Å². The van der Waals surface area contributed by atoms with Crippen LogP contribution in [0.1, 0.15) is 38.2 Å². The lowest BCUT2D eigenvalue weighted by Crippen LogP contribution is -2.56. The number of nitrogens with one attached hydrogen (secondary N) is 2. The van der Waals surface area contributed by atoms with E-state index in [1.54, 1.807) is 0 Å². The van der Waals surface area contributed by atoms with Crippen molar-refractivity contribution in [3.8, 4) is 0 Å². The van der Waals surface area contributed by atoms with Crippen LogP contribution in [0, 0.1) is 11.8 Å². The largest absolute Gasteiger partial charge is 0.396 e. The standard InChI is InChI=1S/C24H32BrN3O5/c1-2-3-10-26-22(31)20-24-13-16(25)19(33-24)17(18(24)23(32)28(20)11-7-12-29)21(30)27-14-15-8-5-4-6-9-15/h4-6,8-9,16-20,29H,2-3,7,10-14H2,1H3,(H,26,31)(H,27,30)/t16?,17-,18-,19-,20?,24?/m0/s1. The summed E-state index contributed by atoms with van der Waals surface area (Å²) in [6.45, 7) is 3.09. The predicted octanol–water partition coefficient (Wildman–Crippen LogP) is 1.35. The van der Waals surface area contributed by atoms with Crippen LogP contribution in [0.3, 0.4) is 0 Å². The Balaban J connectivity index is 1.59. The number of rotatable bonds is 10. The number of benzene rings is 1. The number of hydrogen-bond acceptors (Lipinski definition) is 5. The number of carbonyl (C=O) groups is 3. The minimum Gasteiger partial charge on any atom is -0.396 e. The number of aliphatic hydroxyl groups is 1. The van der Waals surface area contributed by atoms with Crippen molar-refractivity contribution in [3.05, 3.63) is 35.9 Å². The van der Waals surface area contributed by atoms with Crippen LogP contribution >= 0.6 is 15.9 Å². The van der Waals surface area contributed by atoms with Gasteiger partial charge in [0.1, 0.15) is 11.6 Å². The lowest BCUT2D eigenvalue weighted by atomic mass is 9.70. The Hall–Kier alpha value is -1.97. The summed E-state index contributed by atoms with van der Waals surface area (Å²) in [5.74, 6) is -2.11. The Morgan fingerprint density at radius 2 is 1.97 bits per heavy atom. The maximum atomic E-state index is 13.6. The van der Waals surface area contributed by atoms with Crippen molar-refractivity contribution < 1.29 is 24.2 Å². The number of hydrogen-bond donors (Lipinski definition) is 3. The second kappa shape index (κ2) is 10.1. The number of fused-ring (bicyclic) bond motifs is 1. The van der Waals surface area contributed by atoms with Crippen molar-refractivity contribution in [1.82, 2.24) is 15.5 Å². The van der Waals surface area contributed by atoms with Crippen LogP contribution in [0.5, 0.6) is 0 Å². The zero-order valence-corrected chi connectivity index (χ0v) is 20.4. The highest BCUT2D eigenvalue weighted by Crippen LogP contribution is 2.59. The zero-order valence-electron chi connectivity index (χ0n) is 18.8. The molecule has 0 aliphatic carbocycles. The summed E-state index contributed by atoms with van der Waals surface area (Å²) in [7, 11) is 0. The van der Waals surface area contributed by atoms with Gasteiger partial charge in [-0.1, -0.05) is 59.6 Å². The molecule has 3 aliphatic heterocycles. The summed E-state index contributed by atoms with van der Waals surface area (Å²) in [6, 6.07) is 8.79. The fraction of sp³-hybridized carbons (Fsp3) is 0.625. The second-order valence-electron chi connectivity index (χ2n) is 9.12. The van der Waals surface area contributed by atoms with Gasteiger partial charge in [0.25, 0.3) is 0 Å². The van der Waals surface area contributed by atoms with Crippen LogP contribution in [-0.2, 0) is 25.7 Å². The van der Waals surface area contributed by atoms with Gasteiger partial charge in [-0.3, -0.25) is 14.4 Å². The maximum absolute atomic E-state index is 13.6. The normalized spacial score (nSPS) is 32.2. The van der Waals surface area contributed by atoms with Gasteiger partial charge in [0.15, 0.2) is 0 Å². The van der Waals surface area contributed by atoms with Crippen LogP contribution in [0.4, 0.5) is 0 Å². The summed E-state index contributed by atoms with van der Waals surface area (Å²) in [6.07, 6.45) is 2.16. The monoisotopic (exact) mass is 521 g/mol. The number of carbonyl (C=O) groups excluding carboxylic acids is 3. The third-order valence-corrected chi connectivity index (χ3v) is 7.88. The summed E-state index contributed by atoms with van der Waals surface area (Å²) in [4.78, 5) is 41.6. The van der Waals surface area contributed by atoms with Gasteiger partial charge in [-0.15, -0.1) is 0 Å². The van der Waals surface area contributed by atoms with Crippen molar-refractivity contribution in [1.29, 1.82) is 0 Å². The minimum atomic E-state index is -1.05. The molecule has 3 heterocycles. The van der Waals surface area contributed by atoms with E-state index in [-0.39, 0.29) is 35.7 Å². The summed E-state index contributed by atoms with van der Waals surface area (Å²) in [5.41, 5.74) is -0.0771. The van der Waals surface area contributed by atoms with Crippen molar-refractivity contribution in [2.75, 3.05) is 19.7 Å². The topological polar surface area (TPSA) is 108 Å². The lowest BCUT2D eigenvalue weighted by molar-refractivity contribution is -0.142. The number of halogens is 1. The Kier molecular flexibility index (Phi) is 7.40. The van der Waals surface area contributed by atoms with Gasteiger partial charge in [0, 0.05) is 31.1 Å². The molecule has 9 heteroatoms. The molecule has 3 N–H and O–H groups in total. The van der Waals surface area contributed by atoms with Gasteiger partial charge in [0.05, 0.1) is 17.9 Å². The molecule has 8 nitrogen and oxygen atoms in total. The SMILES string of the molecule is CCCCNC(=O)C1N(CCCO)C(=O)[C@@H]2[C@H](C(=O)NCc3ccccc3)[C@H]3OC12CC3Br. The highest BCUT2D eigenvalue weighted by atomic mass is 79.9. The Bertz CT molecular complexity index is 884. The van der Waals surface area contributed by atoms with E-state index in [9.17, 15) is 19.5 Å². The molecule has 3 fully saturated rings. The Labute approximate surface area is 202 Å². The molecule has 4 rings (SSSR count). The smallest absolute Gasteiger partial charge is 0.245 e. The minimum absolute atomic E-state index is 0.0861. The van der Waals surface area contributed by atoms with E-state index >= 15 is 0 Å². The molecule has 6 atom stereocenters. The van der Waals surface area contributed by atoms with Crippen LogP contribution in [0.15, 0.2) is 30.3 Å². The molecular formula is C24H32BrN3O5. The summed E-state index contributed by atoms with van der Waals surface area (Å²) < 4.78 is 6.41. The number of aliphatic hydroxyl groups excluding tert-OH is 1. The van der Waals surface area contributed by atoms with Gasteiger partial charge in [0.2, 0.25) is 17.7 Å². The van der Waals surface area contributed by atoms with Crippen molar-refractivity contribution in [2.45, 2.75) is 61.7 Å². The molecule has 0 saturated carbocycles. The molecule has 0 radical (unpaired) electrons. The quantitative estimate of drug-likeness (QED) is 0.318. The van der Waals surface area contributed by atoms with E-state index in [0.717, 1.165) is 18.4 Å². The Morgan fingerprint density at radius 1 is 1.21 bits per heavy atom. The van der Waals surface area contributed by atoms with E-state index in [1.807, 2.05) is 37.3 Å². The molecule has 3 aliphatic rings. The van der Waals surface area contributed by atoms with Crippen molar-refractivity contribution >= 4 is 33.7 Å². The van der Waals surface area contributed by atoms with Crippen molar-refractivity contribution in [3.63, 3.8) is 0 Å². The number of nitrogens with zero attached hydrogens (tertiary/aromatic N) is 1. The maximum Gasteiger partial charge on any atom is 0.245 e. The number of likely N-dealkylation sites (tertiary alicyclic amines) is 1. The number of ether oxygens (including phenoxy) is 1. The molecule has 3 unspecified atom stereocenters. The van der Waals surface area contributed by atoms with Crippen LogP contribution < -0.4 is 10.6 Å². The lowest BCUT2D eigenvalue weighted by Gasteiger charge is -2.34. The first-order chi connectivity index (χ1) is 15.9. The first-order valence-electron chi connectivity index (χ1n) is 11.8. The summed E-state index contributed by atoms with van der Waals surface area (Å²) in [5, 5.41) is 15.3. The molecule has 1 aromatic carbocycles. The fourth-order valence-electron chi connectivity index (χ4n) is 5.60. The van der Waals surface area contributed by atoms with E-state index < -0.39 is 29.6 Å². The van der Waals surface area contributed by atoms with Gasteiger partial charge in [-0.2, -0.15) is 0 Å². The van der Waals surface area contributed by atoms with Gasteiger partial charge < -0.3 is 25.4 Å². The average Bonchev–Trinajstić information content (AvgIpc) is 3.40. The molecule has 1 aromatic rings. The molecule has 2 bridgehead atoms. The first kappa shape index (κ1) is 24.2. The van der Waals surface area contributed by atoms with Gasteiger partial charge in [-0.25, -0.2) is 0 Å². The average molecular weight is 522 g/mol. The number of alkyl halides is 1. The van der Waals surface area contributed by atoms with E-state index in [1.165, 1.54) is 4.90 Å². The third-order valence-electron chi connectivity index (χ3n) is 7.04. The molecular weight excluding hydrogens is 490 g/mol. The number of amides is 3. The highest BCUT2D eigenvalue weighted by molar-refractivity contribution is 9.09. The second-order valence-corrected chi connectivity index (χ2v) is 10.3. The Morgan fingerprint density at radius 3 is 2.67 bits per heavy atom. The van der Waals surface area contributed by atoms with Crippen LogP contribution in [0.25, 0.3) is 0 Å². The van der Waals surface area contributed by atoms with Gasteiger partial charge in [-0.05, 0) is 24.8 Å². The number of unbranched alkanes of at least 4 members (excludes halogenated alkanes) is 1. The first-order valence-corrected chi connectivity index (χ1v) is 12.7. The van der Waals surface area contributed by atoms with Gasteiger partial charge >= 0.3 is 0 Å². The summed E-state index contributed by atoms with van der Waals surface area (Å²) >= 11 is 3.66. The van der Waals surface area contributed by atoms with E-state index in [2.05, 4.69) is 26.6 Å². The molecule has 3 saturated heterocycles. The molecule has 33 heavy (non-hydrogen) atoms.